The molecular weight excluding hydrogens is 1200 g/mol. The van der Waals surface area contributed by atoms with Crippen LogP contribution >= 0.6 is 0 Å². The lowest BCUT2D eigenvalue weighted by molar-refractivity contribution is 1.16. The van der Waals surface area contributed by atoms with Gasteiger partial charge in [0.05, 0.1) is 144 Å². The molecule has 0 aliphatic rings. The Kier molecular flexibility index (Phi) is 14.8. The number of benzene rings is 11. The number of rotatable bonds is 8. The molecule has 0 amide bonds. The van der Waals surface area contributed by atoms with Gasteiger partial charge in [-0.25, -0.2) is 29.1 Å². The third-order valence-corrected chi connectivity index (χ3v) is 17.2. The molecule has 97 heavy (non-hydrogen) atoms. The van der Waals surface area contributed by atoms with Crippen LogP contribution in [-0.4, -0.2) is 9.13 Å². The van der Waals surface area contributed by atoms with Crippen molar-refractivity contribution in [3.05, 3.63) is 294 Å². The van der Waals surface area contributed by atoms with Crippen LogP contribution in [0.2, 0.25) is 0 Å². The first-order valence-corrected chi connectivity index (χ1v) is 29.1. The largest absolute Gasteiger partial charge is 0.309 e. The number of hydrogen-bond donors (Lipinski definition) is 0. The number of fused-ring (bicyclic) bond motifs is 6. The second kappa shape index (κ2) is 24.0. The smallest absolute Gasteiger partial charge is 0.197 e. The van der Waals surface area contributed by atoms with Gasteiger partial charge in [-0.1, -0.05) is 54.6 Å². The van der Waals surface area contributed by atoms with E-state index in [0.29, 0.717) is 111 Å². The van der Waals surface area contributed by atoms with Crippen LogP contribution in [0.1, 0.15) is 50.1 Å². The average molecular weight is 1230 g/mol. The summed E-state index contributed by atoms with van der Waals surface area (Å²) in [4.78, 5) is 22.2. The fourth-order valence-electron chi connectivity index (χ4n) is 13.0. The summed E-state index contributed by atoms with van der Waals surface area (Å²) in [6.07, 6.45) is 0. The molecule has 11 aromatic carbocycles. The number of aromatic nitrogens is 2. The molecule has 2 heterocycles. The highest BCUT2D eigenvalue weighted by atomic mass is 15.0. The minimum absolute atomic E-state index is 0.0654. The molecule has 0 N–H and O–H groups in total. The summed E-state index contributed by atoms with van der Waals surface area (Å²) in [5.41, 5.74) is 12.0. The van der Waals surface area contributed by atoms with Gasteiger partial charge < -0.3 is 9.13 Å². The summed E-state index contributed by atoms with van der Waals surface area (Å²) >= 11 is 0. The summed E-state index contributed by atoms with van der Waals surface area (Å²) in [5, 5.41) is 85.5. The summed E-state index contributed by atoms with van der Waals surface area (Å²) in [7, 11) is 0. The zero-order chi connectivity index (χ0) is 67.9. The van der Waals surface area contributed by atoms with Crippen LogP contribution in [0.5, 0.6) is 0 Å². The maximum absolute atomic E-state index is 10.9. The van der Waals surface area contributed by atoms with E-state index in [1.54, 1.807) is 48.5 Å². The van der Waals surface area contributed by atoms with Crippen molar-refractivity contribution >= 4 is 77.7 Å². The van der Waals surface area contributed by atoms with Gasteiger partial charge in [-0.3, -0.25) is 0 Å². The molecule has 13 aromatic rings. The molecule has 16 heteroatoms. The topological polar surface area (TPSA) is 226 Å². The Bertz CT molecular complexity index is 6020. The maximum atomic E-state index is 10.9. The van der Waals surface area contributed by atoms with Crippen molar-refractivity contribution in [2.24, 2.45) is 0 Å². The van der Waals surface area contributed by atoms with E-state index in [2.05, 4.69) is 76.1 Å². The fraction of sp³-hybridized carbons (Fsp3) is 0.0123. The summed E-state index contributed by atoms with van der Waals surface area (Å²) in [5.74, 6) is 0. The second-order valence-electron chi connectivity index (χ2n) is 22.3. The Balaban J connectivity index is 1.16. The Hall–Kier alpha value is -16.1. The zero-order valence-corrected chi connectivity index (χ0v) is 50.4. The summed E-state index contributed by atoms with van der Waals surface area (Å²) in [6.45, 7) is 50.4. The standard InChI is InChI=1S/C81H32N16/c1-45-22-46(37-82)8-15-61(45)50-10-17-72(96-73-18-11-51(78-55(41-86)23-48(39-84)25-68(78)92-4)31-64(73)65-33-53(12-19-74(65)96)80-57(43-88)28-59(90-2)35-70(80)94-6)63(30-50)62-16-9-47(38-83)27-77(62)97-75-20-13-52(79-56(42-87)24-49(40-85)26-69(79)93-5)32-66(75)67-34-54(14-21-76(67)97)81-58(44-89)29-60(91-3)36-71(81)95-7/h8-36H,1H3. The van der Waals surface area contributed by atoms with Crippen molar-refractivity contribution < 1.29 is 0 Å². The Morgan fingerprint density at radius 1 is 0.278 bits per heavy atom. The van der Waals surface area contributed by atoms with Crippen molar-refractivity contribution in [3.8, 4) is 127 Å². The van der Waals surface area contributed by atoms with E-state index in [1.165, 1.54) is 48.5 Å². The molecule has 0 spiro atoms. The minimum Gasteiger partial charge on any atom is -0.309 e. The van der Waals surface area contributed by atoms with Gasteiger partial charge in [0, 0.05) is 77.2 Å². The van der Waals surface area contributed by atoms with E-state index >= 15 is 0 Å². The summed E-state index contributed by atoms with van der Waals surface area (Å²) < 4.78 is 4.05. The molecule has 0 saturated heterocycles. The predicted octanol–water partition coefficient (Wildman–Crippen LogP) is 20.5. The van der Waals surface area contributed by atoms with E-state index in [1.807, 2.05) is 96.4 Å². The molecule has 0 radical (unpaired) electrons. The van der Waals surface area contributed by atoms with E-state index in [0.717, 1.165) is 16.7 Å². The second-order valence-corrected chi connectivity index (χ2v) is 22.3. The Labute approximate surface area is 554 Å². The van der Waals surface area contributed by atoms with Gasteiger partial charge in [0.25, 0.3) is 0 Å². The van der Waals surface area contributed by atoms with Crippen molar-refractivity contribution in [2.75, 3.05) is 0 Å². The molecular formula is C81H32N16. The molecule has 2 aromatic heterocycles. The molecule has 0 bridgehead atoms. The molecule has 436 valence electrons. The van der Waals surface area contributed by atoms with Gasteiger partial charge in [-0.15, -0.1) is 0 Å². The molecule has 0 fully saturated rings. The van der Waals surface area contributed by atoms with Crippen molar-refractivity contribution in [1.82, 2.24) is 9.13 Å². The van der Waals surface area contributed by atoms with Gasteiger partial charge in [0.15, 0.2) is 34.1 Å². The number of aryl methyl sites for hydroxylation is 1. The van der Waals surface area contributed by atoms with Crippen molar-refractivity contribution in [1.29, 1.82) is 42.1 Å². The Morgan fingerprint density at radius 2 is 0.629 bits per heavy atom. The van der Waals surface area contributed by atoms with Crippen molar-refractivity contribution in [3.63, 3.8) is 0 Å². The van der Waals surface area contributed by atoms with E-state index in [4.69, 9.17) is 39.4 Å². The van der Waals surface area contributed by atoms with Gasteiger partial charge >= 0.3 is 0 Å². The van der Waals surface area contributed by atoms with Crippen molar-refractivity contribution in [2.45, 2.75) is 6.92 Å². The normalized spacial score (nSPS) is 10.4. The highest BCUT2D eigenvalue weighted by molar-refractivity contribution is 6.15. The average Bonchev–Trinajstić information content (AvgIpc) is 1.62. The van der Waals surface area contributed by atoms with E-state index in [9.17, 15) is 42.1 Å². The van der Waals surface area contributed by atoms with E-state index in [-0.39, 0.29) is 78.6 Å². The van der Waals surface area contributed by atoms with Gasteiger partial charge in [0.2, 0.25) is 0 Å². The summed E-state index contributed by atoms with van der Waals surface area (Å²) in [6, 6.07) is 67.6. The van der Waals surface area contributed by atoms with Gasteiger partial charge in [-0.05, 0) is 167 Å². The third-order valence-electron chi connectivity index (χ3n) is 17.2. The predicted molar refractivity (Wildman–Crippen MR) is 368 cm³/mol. The van der Waals surface area contributed by atoms with Crippen LogP contribution in [0, 0.1) is 137 Å². The molecule has 0 atom stereocenters. The van der Waals surface area contributed by atoms with E-state index < -0.39 is 0 Å². The third kappa shape index (κ3) is 9.75. The SMILES string of the molecule is [C-]#[N+]c1cc(C#N)c(-c2ccc3c(c2)c2cc(-c4c(C#N)cc(C#N)cc4[N+]#[C-])ccc2n3-c2ccc(-c3ccc(C#N)cc3C)cc2-c2ccc(C#N)cc2-n2c3ccc(-c4c(C#N)cc(C#N)cc4[N+]#[C-])cc3c3cc(-c4c(C#N)cc([N+]#[C-])cc4[N+]#[C-])ccc32)c([N+]#[C-])c1. The zero-order valence-electron chi connectivity index (χ0n) is 50.4. The van der Waals surface area contributed by atoms with Gasteiger partial charge in [0.1, 0.15) is 0 Å². The lowest BCUT2D eigenvalue weighted by Crippen LogP contribution is -2.03. The fourth-order valence-corrected chi connectivity index (χ4v) is 13.0. The number of hydrogen-bond acceptors (Lipinski definition) is 8. The maximum Gasteiger partial charge on any atom is 0.197 e. The number of nitriles is 8. The molecule has 13 rings (SSSR count). The number of nitrogens with zero attached hydrogens (tertiary/aromatic N) is 16. The lowest BCUT2D eigenvalue weighted by Gasteiger charge is -2.21. The quantitative estimate of drug-likeness (QED) is 0.133. The van der Waals surface area contributed by atoms with Crippen LogP contribution < -0.4 is 0 Å². The highest BCUT2D eigenvalue weighted by Crippen LogP contribution is 2.49. The Morgan fingerprint density at radius 3 is 0.990 bits per heavy atom. The lowest BCUT2D eigenvalue weighted by atomic mass is 9.92. The van der Waals surface area contributed by atoms with Crippen LogP contribution in [0.3, 0.4) is 0 Å². The first-order chi connectivity index (χ1) is 47.3. The van der Waals surface area contributed by atoms with Crippen LogP contribution in [-0.2, 0) is 0 Å². The molecule has 0 unspecified atom stereocenters. The molecule has 0 aliphatic heterocycles. The first-order valence-electron chi connectivity index (χ1n) is 29.1. The molecule has 0 aliphatic carbocycles. The van der Waals surface area contributed by atoms with Crippen LogP contribution in [0.25, 0.3) is 151 Å². The molecule has 16 nitrogen and oxygen atoms in total. The monoisotopic (exact) mass is 1230 g/mol. The minimum atomic E-state index is 0.0654. The molecule has 0 saturated carbocycles. The van der Waals surface area contributed by atoms with Crippen LogP contribution in [0.15, 0.2) is 176 Å². The van der Waals surface area contributed by atoms with Gasteiger partial charge in [-0.2, -0.15) is 42.1 Å². The highest BCUT2D eigenvalue weighted by Gasteiger charge is 2.27. The first kappa shape index (κ1) is 59.8. The van der Waals surface area contributed by atoms with Crippen LogP contribution in [0.4, 0.5) is 34.1 Å².